The second-order valence-electron chi connectivity index (χ2n) is 8.86. The number of rotatable bonds is 11. The highest BCUT2D eigenvalue weighted by Gasteiger charge is 2.37. The lowest BCUT2D eigenvalue weighted by Crippen LogP contribution is -2.54. The first-order valence-corrected chi connectivity index (χ1v) is 11.0. The van der Waals surface area contributed by atoms with Crippen molar-refractivity contribution in [1.82, 2.24) is 15.5 Å². The number of amides is 4. The number of methoxy groups -OCH3 is 1. The summed E-state index contributed by atoms with van der Waals surface area (Å²) in [6.45, 7) is 9.32. The zero-order valence-electron chi connectivity index (χ0n) is 21.1. The van der Waals surface area contributed by atoms with E-state index in [9.17, 15) is 29.1 Å². The second kappa shape index (κ2) is 13.1. The van der Waals surface area contributed by atoms with Crippen molar-refractivity contribution in [3.63, 3.8) is 0 Å². The molecule has 2 unspecified atom stereocenters. The van der Waals surface area contributed by atoms with Gasteiger partial charge in [0.05, 0.1) is 13.5 Å². The highest BCUT2D eigenvalue weighted by atomic mass is 16.6. The third-order valence-corrected chi connectivity index (χ3v) is 4.76. The number of esters is 1. The second-order valence-corrected chi connectivity index (χ2v) is 8.86. The summed E-state index contributed by atoms with van der Waals surface area (Å²) >= 11 is 0. The number of aromatic hydroxyl groups is 1. The molecule has 0 bridgehead atoms. The average molecular weight is 507 g/mol. The van der Waals surface area contributed by atoms with Crippen molar-refractivity contribution in [1.29, 1.82) is 0 Å². The summed E-state index contributed by atoms with van der Waals surface area (Å²) in [5, 5.41) is 15.4. The summed E-state index contributed by atoms with van der Waals surface area (Å²) in [5.41, 5.74) is 4.87. The van der Waals surface area contributed by atoms with E-state index in [0.29, 0.717) is 5.56 Å². The molecule has 36 heavy (non-hydrogen) atoms. The Morgan fingerprint density at radius 2 is 1.86 bits per heavy atom. The van der Waals surface area contributed by atoms with Gasteiger partial charge in [-0.2, -0.15) is 0 Å². The first-order chi connectivity index (χ1) is 16.7. The minimum atomic E-state index is -1.50. The topological polar surface area (TPSA) is 177 Å². The highest BCUT2D eigenvalue weighted by molar-refractivity contribution is 5.95. The maximum absolute atomic E-state index is 13.6. The summed E-state index contributed by atoms with van der Waals surface area (Å²) in [5.74, 6) is -3.60. The lowest BCUT2D eigenvalue weighted by atomic mass is 9.99. The Labute approximate surface area is 209 Å². The van der Waals surface area contributed by atoms with Crippen LogP contribution >= 0.6 is 0 Å². The van der Waals surface area contributed by atoms with Crippen LogP contribution in [0.25, 0.3) is 0 Å². The van der Waals surface area contributed by atoms with Crippen molar-refractivity contribution < 1.29 is 38.6 Å². The van der Waals surface area contributed by atoms with Crippen LogP contribution in [0.1, 0.15) is 44.4 Å². The number of para-hydroxylation sites is 1. The highest BCUT2D eigenvalue weighted by Crippen LogP contribution is 2.32. The standard InChI is InChI=1S/C24H34N4O8/c1-7-11-28(22(33)16(12-17(25)29)27-23(34)36-24(3,4)5)19(21(32)26-13-18(30)35-6)15-10-8-9-14(2)20(15)31/h7-10,16,19,31H,1,11-13H2,2-6H3,(H2,25,29)(H,26,32)(H,27,34). The van der Waals surface area contributed by atoms with Gasteiger partial charge in [0.1, 0.15) is 30.0 Å². The Morgan fingerprint density at radius 1 is 1.22 bits per heavy atom. The third-order valence-electron chi connectivity index (χ3n) is 4.76. The number of alkyl carbamates (subject to hydrolysis) is 1. The monoisotopic (exact) mass is 506 g/mol. The molecule has 5 N–H and O–H groups in total. The Balaban J connectivity index is 3.52. The van der Waals surface area contributed by atoms with Crippen LogP contribution in [-0.2, 0) is 28.7 Å². The summed E-state index contributed by atoms with van der Waals surface area (Å²) in [4.78, 5) is 63.5. The molecule has 2 atom stereocenters. The molecule has 0 aliphatic rings. The van der Waals surface area contributed by atoms with Gasteiger partial charge in [0, 0.05) is 12.1 Å². The van der Waals surface area contributed by atoms with E-state index in [0.717, 1.165) is 12.0 Å². The van der Waals surface area contributed by atoms with Crippen molar-refractivity contribution in [3.05, 3.63) is 42.0 Å². The molecule has 1 rings (SSSR count). The van der Waals surface area contributed by atoms with Gasteiger partial charge in [-0.25, -0.2) is 4.79 Å². The van der Waals surface area contributed by atoms with Gasteiger partial charge >= 0.3 is 12.1 Å². The molecule has 0 heterocycles. The molecule has 0 radical (unpaired) electrons. The summed E-state index contributed by atoms with van der Waals surface area (Å²) in [7, 11) is 1.14. The van der Waals surface area contributed by atoms with Crippen LogP contribution in [0.2, 0.25) is 0 Å². The lowest BCUT2D eigenvalue weighted by molar-refractivity contribution is -0.145. The predicted octanol–water partition coefficient (Wildman–Crippen LogP) is 0.814. The number of phenols is 1. The zero-order valence-corrected chi connectivity index (χ0v) is 21.1. The SMILES string of the molecule is C=CCN(C(=O)C(CC(N)=O)NC(=O)OC(C)(C)C)C(C(=O)NCC(=O)OC)c1cccc(C)c1O. The molecular weight excluding hydrogens is 472 g/mol. The van der Waals surface area contributed by atoms with Crippen molar-refractivity contribution in [3.8, 4) is 5.75 Å². The molecule has 0 spiro atoms. The van der Waals surface area contributed by atoms with Gasteiger partial charge in [0.25, 0.3) is 0 Å². The number of phenolic OH excluding ortho intramolecular Hbond substituents is 1. The number of carbonyl (C=O) groups excluding carboxylic acids is 5. The van der Waals surface area contributed by atoms with E-state index in [4.69, 9.17) is 10.5 Å². The Hall–Kier alpha value is -4.09. The summed E-state index contributed by atoms with van der Waals surface area (Å²) < 4.78 is 9.72. The summed E-state index contributed by atoms with van der Waals surface area (Å²) in [6, 6.07) is 1.62. The summed E-state index contributed by atoms with van der Waals surface area (Å²) in [6.07, 6.45) is -0.256. The van der Waals surface area contributed by atoms with Gasteiger partial charge in [-0.1, -0.05) is 24.3 Å². The Kier molecular flexibility index (Phi) is 10.9. The molecule has 0 aliphatic heterocycles. The van der Waals surface area contributed by atoms with Crippen molar-refractivity contribution in [2.75, 3.05) is 20.2 Å². The van der Waals surface area contributed by atoms with Gasteiger partial charge < -0.3 is 35.8 Å². The van der Waals surface area contributed by atoms with E-state index in [1.165, 1.54) is 12.1 Å². The van der Waals surface area contributed by atoms with Gasteiger partial charge in [-0.15, -0.1) is 6.58 Å². The van der Waals surface area contributed by atoms with Gasteiger partial charge in [-0.3, -0.25) is 19.2 Å². The van der Waals surface area contributed by atoms with Crippen molar-refractivity contribution >= 4 is 29.8 Å². The quantitative estimate of drug-likeness (QED) is 0.252. The Morgan fingerprint density at radius 3 is 2.39 bits per heavy atom. The maximum Gasteiger partial charge on any atom is 0.408 e. The molecular formula is C24H34N4O8. The molecule has 0 saturated carbocycles. The normalized spacial score (nSPS) is 12.5. The van der Waals surface area contributed by atoms with Crippen LogP contribution < -0.4 is 16.4 Å². The third kappa shape index (κ3) is 8.93. The van der Waals surface area contributed by atoms with Crippen LogP contribution in [0.15, 0.2) is 30.9 Å². The van der Waals surface area contributed by atoms with Crippen molar-refractivity contribution in [2.24, 2.45) is 5.73 Å². The molecule has 198 valence electrons. The van der Waals surface area contributed by atoms with Crippen molar-refractivity contribution in [2.45, 2.75) is 51.8 Å². The largest absolute Gasteiger partial charge is 0.507 e. The fraction of sp³-hybridized carbons (Fsp3) is 0.458. The predicted molar refractivity (Wildman–Crippen MR) is 129 cm³/mol. The molecule has 4 amide bonds. The first-order valence-electron chi connectivity index (χ1n) is 11.0. The number of nitrogens with zero attached hydrogens (tertiary/aromatic N) is 1. The zero-order chi connectivity index (χ0) is 27.6. The number of hydrogen-bond donors (Lipinski definition) is 4. The van der Waals surface area contributed by atoms with Crippen LogP contribution in [0, 0.1) is 6.92 Å². The average Bonchev–Trinajstić information content (AvgIpc) is 2.77. The number of nitrogens with one attached hydrogen (secondary N) is 2. The number of ether oxygens (including phenoxy) is 2. The van der Waals surface area contributed by atoms with Crippen LogP contribution in [0.4, 0.5) is 4.79 Å². The van der Waals surface area contributed by atoms with E-state index in [1.54, 1.807) is 39.8 Å². The minimum Gasteiger partial charge on any atom is -0.507 e. The van der Waals surface area contributed by atoms with E-state index < -0.39 is 60.4 Å². The first kappa shape index (κ1) is 29.9. The molecule has 0 aliphatic carbocycles. The van der Waals surface area contributed by atoms with Crippen LogP contribution in [0.5, 0.6) is 5.75 Å². The fourth-order valence-electron chi connectivity index (χ4n) is 3.19. The maximum atomic E-state index is 13.6. The molecule has 1 aromatic carbocycles. The van der Waals surface area contributed by atoms with E-state index >= 15 is 0 Å². The smallest absolute Gasteiger partial charge is 0.408 e. The number of hydrogen-bond acceptors (Lipinski definition) is 8. The fourth-order valence-corrected chi connectivity index (χ4v) is 3.19. The van der Waals surface area contributed by atoms with E-state index in [1.807, 2.05) is 0 Å². The van der Waals surface area contributed by atoms with E-state index in [2.05, 4.69) is 21.9 Å². The van der Waals surface area contributed by atoms with Crippen LogP contribution in [0.3, 0.4) is 0 Å². The number of aryl methyl sites for hydroxylation is 1. The minimum absolute atomic E-state index is 0.0441. The molecule has 0 aromatic heterocycles. The molecule has 0 fully saturated rings. The lowest BCUT2D eigenvalue weighted by Gasteiger charge is -2.34. The van der Waals surface area contributed by atoms with Crippen LogP contribution in [-0.4, -0.2) is 71.6 Å². The molecule has 1 aromatic rings. The molecule has 12 heteroatoms. The van der Waals surface area contributed by atoms with Gasteiger partial charge in [0.2, 0.25) is 17.7 Å². The Bertz CT molecular complexity index is 1000. The van der Waals surface area contributed by atoms with E-state index in [-0.39, 0.29) is 17.9 Å². The number of carbonyl (C=O) groups is 5. The van der Waals surface area contributed by atoms with Gasteiger partial charge in [0.15, 0.2) is 0 Å². The number of benzene rings is 1. The molecule has 0 saturated heterocycles. The molecule has 12 nitrogen and oxygen atoms in total. The number of nitrogens with two attached hydrogens (primary N) is 1. The van der Waals surface area contributed by atoms with Gasteiger partial charge in [-0.05, 0) is 33.3 Å². The number of primary amides is 1.